The van der Waals surface area contributed by atoms with Gasteiger partial charge in [0, 0.05) is 37.8 Å². The Balaban J connectivity index is 1.31. The summed E-state index contributed by atoms with van der Waals surface area (Å²) in [7, 11) is 0. The van der Waals surface area contributed by atoms with Crippen molar-refractivity contribution in [1.29, 1.82) is 0 Å². The molecule has 2 aromatic carbocycles. The molecule has 0 spiro atoms. The van der Waals surface area contributed by atoms with Gasteiger partial charge in [0.25, 0.3) is 5.69 Å². The number of anilines is 3. The lowest BCUT2D eigenvalue weighted by atomic mass is 10.1. The second-order valence-electron chi connectivity index (χ2n) is 10.5. The first-order valence-corrected chi connectivity index (χ1v) is 14.7. The van der Waals surface area contributed by atoms with E-state index in [1.54, 1.807) is 31.3 Å². The summed E-state index contributed by atoms with van der Waals surface area (Å²) in [5.74, 6) is 1.65. The van der Waals surface area contributed by atoms with Crippen molar-refractivity contribution in [3.8, 4) is 11.5 Å². The number of carbonyl (C=O) groups excluding carboxylic acids is 1. The molecule has 3 aromatic rings. The molecule has 0 aliphatic carbocycles. The number of nitrogens with one attached hydrogen (secondary N) is 1. The Kier molecular flexibility index (Phi) is 9.59. The molecule has 1 aromatic heterocycles. The van der Waals surface area contributed by atoms with E-state index in [1.165, 1.54) is 31.0 Å². The summed E-state index contributed by atoms with van der Waals surface area (Å²) in [6, 6.07) is 9.16. The zero-order chi connectivity index (χ0) is 30.2. The fourth-order valence-electron chi connectivity index (χ4n) is 5.14. The van der Waals surface area contributed by atoms with E-state index in [0.29, 0.717) is 41.3 Å². The molecule has 13 nitrogen and oxygen atoms in total. The average Bonchev–Trinajstić information content (AvgIpc) is 3.03. The smallest absolute Gasteiger partial charge is 0.343 e. The molecule has 2 aliphatic rings. The molecule has 3 heterocycles. The molecule has 0 unspecified atom stereocenters. The van der Waals surface area contributed by atoms with Crippen LogP contribution in [0.4, 0.5) is 23.5 Å². The van der Waals surface area contributed by atoms with Crippen LogP contribution in [0.2, 0.25) is 0 Å². The monoisotopic (exact) mass is 588 g/mol. The van der Waals surface area contributed by atoms with E-state index in [9.17, 15) is 14.9 Å². The van der Waals surface area contributed by atoms with Gasteiger partial charge in [0.15, 0.2) is 11.5 Å². The number of rotatable bonds is 10. The topological polar surface area (TPSA) is 148 Å². The van der Waals surface area contributed by atoms with Crippen LogP contribution in [-0.4, -0.2) is 64.8 Å². The lowest BCUT2D eigenvalue weighted by molar-refractivity contribution is -0.385. The molecule has 0 amide bonds. The number of aryl methyl sites for hydroxylation is 1. The third-order valence-electron chi connectivity index (χ3n) is 7.37. The van der Waals surface area contributed by atoms with Crippen LogP contribution in [-0.2, 0) is 0 Å². The van der Waals surface area contributed by atoms with Crippen molar-refractivity contribution in [2.45, 2.75) is 52.4 Å². The largest absolute Gasteiger partial charge is 0.490 e. The van der Waals surface area contributed by atoms with Crippen LogP contribution in [0.15, 0.2) is 41.5 Å². The van der Waals surface area contributed by atoms with Crippen LogP contribution in [0, 0.1) is 17.0 Å². The molecular weight excluding hydrogens is 552 g/mol. The third-order valence-corrected chi connectivity index (χ3v) is 7.37. The van der Waals surface area contributed by atoms with Gasteiger partial charge in [0.2, 0.25) is 17.8 Å². The lowest BCUT2D eigenvalue weighted by Gasteiger charge is -2.30. The van der Waals surface area contributed by atoms with Crippen LogP contribution in [0.1, 0.15) is 66.9 Å². The van der Waals surface area contributed by atoms with E-state index in [1.807, 2.05) is 6.92 Å². The van der Waals surface area contributed by atoms with Gasteiger partial charge in [-0.05, 0) is 88.3 Å². The van der Waals surface area contributed by atoms with E-state index in [-0.39, 0.29) is 17.0 Å². The Morgan fingerprint density at radius 1 is 0.953 bits per heavy atom. The van der Waals surface area contributed by atoms with E-state index >= 15 is 0 Å². The van der Waals surface area contributed by atoms with Crippen molar-refractivity contribution in [2.75, 3.05) is 48.0 Å². The summed E-state index contributed by atoms with van der Waals surface area (Å²) < 4.78 is 11.3. The zero-order valence-electron chi connectivity index (χ0n) is 24.5. The Morgan fingerprint density at radius 2 is 1.60 bits per heavy atom. The summed E-state index contributed by atoms with van der Waals surface area (Å²) in [5, 5.41) is 15.5. The predicted molar refractivity (Wildman–Crippen MR) is 164 cm³/mol. The van der Waals surface area contributed by atoms with Gasteiger partial charge >= 0.3 is 5.97 Å². The van der Waals surface area contributed by atoms with Gasteiger partial charge in [-0.15, -0.1) is 0 Å². The van der Waals surface area contributed by atoms with Crippen molar-refractivity contribution in [3.63, 3.8) is 0 Å². The molecule has 2 saturated heterocycles. The Labute approximate surface area is 250 Å². The fourth-order valence-corrected chi connectivity index (χ4v) is 5.14. The van der Waals surface area contributed by atoms with Gasteiger partial charge in [-0.3, -0.25) is 10.1 Å². The van der Waals surface area contributed by atoms with Crippen molar-refractivity contribution < 1.29 is 19.2 Å². The SMILES string of the molecule is CCOc1cc(/C=N/Nc2nc(N3CCCCC3)nc(N3CCCCC3)n2)ccc1OC(=O)c1ccc([N+](=O)[O-])c(C)c1. The first-order valence-electron chi connectivity index (χ1n) is 14.7. The maximum Gasteiger partial charge on any atom is 0.343 e. The molecule has 0 atom stereocenters. The Hall–Kier alpha value is -4.81. The molecular formula is C30H36N8O5. The number of nitro benzene ring substituents is 1. The molecule has 5 rings (SSSR count). The second-order valence-corrected chi connectivity index (χ2v) is 10.5. The van der Waals surface area contributed by atoms with Crippen LogP contribution in [0.25, 0.3) is 0 Å². The number of nitrogens with zero attached hydrogens (tertiary/aromatic N) is 7. The van der Waals surface area contributed by atoms with Gasteiger partial charge < -0.3 is 19.3 Å². The lowest BCUT2D eigenvalue weighted by Crippen LogP contribution is -2.34. The maximum atomic E-state index is 12.8. The third kappa shape index (κ3) is 7.53. The highest BCUT2D eigenvalue weighted by molar-refractivity contribution is 5.92. The van der Waals surface area contributed by atoms with Crippen molar-refractivity contribution in [2.24, 2.45) is 5.10 Å². The zero-order valence-corrected chi connectivity index (χ0v) is 24.5. The summed E-state index contributed by atoms with van der Waals surface area (Å²) >= 11 is 0. The maximum absolute atomic E-state index is 12.8. The van der Waals surface area contributed by atoms with Gasteiger partial charge in [-0.2, -0.15) is 20.1 Å². The predicted octanol–water partition coefficient (Wildman–Crippen LogP) is 5.13. The number of hydrogen-bond donors (Lipinski definition) is 1. The van der Waals surface area contributed by atoms with E-state index in [4.69, 9.17) is 14.5 Å². The van der Waals surface area contributed by atoms with Crippen LogP contribution >= 0.6 is 0 Å². The Bertz CT molecular complexity index is 1450. The molecule has 1 N–H and O–H groups in total. The first-order chi connectivity index (χ1) is 20.9. The average molecular weight is 589 g/mol. The molecule has 0 saturated carbocycles. The highest BCUT2D eigenvalue weighted by atomic mass is 16.6. The van der Waals surface area contributed by atoms with Gasteiger partial charge in [0.05, 0.1) is 23.3 Å². The summed E-state index contributed by atoms with van der Waals surface area (Å²) in [4.78, 5) is 41.9. The molecule has 0 radical (unpaired) electrons. The molecule has 43 heavy (non-hydrogen) atoms. The number of benzene rings is 2. The van der Waals surface area contributed by atoms with E-state index < -0.39 is 10.9 Å². The molecule has 2 fully saturated rings. The minimum atomic E-state index is -0.647. The van der Waals surface area contributed by atoms with Crippen LogP contribution in [0.5, 0.6) is 11.5 Å². The molecule has 2 aliphatic heterocycles. The fraction of sp³-hybridized carbons (Fsp3) is 0.433. The van der Waals surface area contributed by atoms with Crippen molar-refractivity contribution in [3.05, 3.63) is 63.2 Å². The number of piperidine rings is 2. The van der Waals surface area contributed by atoms with Crippen molar-refractivity contribution >= 4 is 35.7 Å². The summed E-state index contributed by atoms with van der Waals surface area (Å²) in [6.45, 7) is 7.45. The van der Waals surface area contributed by atoms with E-state index in [0.717, 1.165) is 51.9 Å². The highest BCUT2D eigenvalue weighted by Gasteiger charge is 2.21. The number of nitro groups is 1. The number of hydrazone groups is 1. The minimum Gasteiger partial charge on any atom is -0.490 e. The number of ether oxygens (including phenoxy) is 2. The standard InChI is InChI=1S/C30H36N8O5/c1-3-42-26-19-22(10-13-25(26)43-27(39)23-11-12-24(38(40)41)21(2)18-23)20-31-35-28-32-29(36-14-6-4-7-15-36)34-30(33-28)37-16-8-5-9-17-37/h10-13,18-20H,3-9,14-17H2,1-2H3,(H,32,33,34,35)/b31-20+. The molecule has 226 valence electrons. The van der Waals surface area contributed by atoms with Crippen LogP contribution in [0.3, 0.4) is 0 Å². The van der Waals surface area contributed by atoms with Gasteiger partial charge in [-0.25, -0.2) is 10.2 Å². The minimum absolute atomic E-state index is 0.0635. The van der Waals surface area contributed by atoms with Crippen LogP contribution < -0.4 is 24.7 Å². The van der Waals surface area contributed by atoms with E-state index in [2.05, 4.69) is 30.3 Å². The molecule has 13 heteroatoms. The number of esters is 1. The van der Waals surface area contributed by atoms with Gasteiger partial charge in [-0.1, -0.05) is 0 Å². The Morgan fingerprint density at radius 3 is 2.19 bits per heavy atom. The van der Waals surface area contributed by atoms with Crippen molar-refractivity contribution in [1.82, 2.24) is 15.0 Å². The molecule has 0 bridgehead atoms. The quantitative estimate of drug-likeness (QED) is 0.110. The first kappa shape index (κ1) is 29.7. The summed E-state index contributed by atoms with van der Waals surface area (Å²) in [6.07, 6.45) is 8.51. The van der Waals surface area contributed by atoms with Gasteiger partial charge in [0.1, 0.15) is 0 Å². The number of carbonyl (C=O) groups is 1. The number of aromatic nitrogens is 3. The normalized spacial score (nSPS) is 15.4. The second kappa shape index (κ2) is 13.9. The number of hydrogen-bond acceptors (Lipinski definition) is 12. The summed E-state index contributed by atoms with van der Waals surface area (Å²) in [5.41, 5.74) is 4.17. The highest BCUT2D eigenvalue weighted by Crippen LogP contribution is 2.30.